The van der Waals surface area contributed by atoms with Crippen LogP contribution in [0.4, 0.5) is 4.79 Å². The Balaban J connectivity index is 1.77. The van der Waals surface area contributed by atoms with Crippen LogP contribution in [0.25, 0.3) is 0 Å². The van der Waals surface area contributed by atoms with Gasteiger partial charge in [-0.05, 0) is 88.9 Å². The van der Waals surface area contributed by atoms with Gasteiger partial charge in [0.1, 0.15) is 5.60 Å². The lowest BCUT2D eigenvalue weighted by Crippen LogP contribution is -2.47. The van der Waals surface area contributed by atoms with E-state index in [1.54, 1.807) is 17.0 Å². The molecule has 1 aliphatic rings. The van der Waals surface area contributed by atoms with Crippen LogP contribution in [0.2, 0.25) is 0 Å². The Morgan fingerprint density at radius 1 is 1.12 bits per heavy atom. The molecule has 2 aromatic rings. The molecule has 0 radical (unpaired) electrons. The van der Waals surface area contributed by atoms with Crippen molar-refractivity contribution in [3.63, 3.8) is 0 Å². The molecule has 0 bridgehead atoms. The SMILES string of the molecule is Cc1cc(C)cc(Sc2ccc(C#N)cc2S(=O)(=O)NC2CCN(C(=O)OC(C)(C)C)CC2)c1. The van der Waals surface area contributed by atoms with E-state index in [0.717, 1.165) is 16.0 Å². The molecule has 0 saturated carbocycles. The third kappa shape index (κ3) is 6.98. The Morgan fingerprint density at radius 3 is 2.29 bits per heavy atom. The standard InChI is InChI=1S/C25H31N3O4S2/c1-17-12-18(2)14-21(13-17)33-22-7-6-19(16-26)15-23(22)34(30,31)27-20-8-10-28(11-9-20)24(29)32-25(3,4)5/h6-7,12-15,20,27H,8-11H2,1-5H3. The van der Waals surface area contributed by atoms with Crippen LogP contribution >= 0.6 is 11.8 Å². The molecule has 0 aliphatic carbocycles. The third-order valence-electron chi connectivity index (χ3n) is 5.25. The van der Waals surface area contributed by atoms with Crippen LogP contribution in [-0.2, 0) is 14.8 Å². The Bertz CT molecular complexity index is 1190. The quantitative estimate of drug-likeness (QED) is 0.619. The lowest BCUT2D eigenvalue weighted by atomic mass is 10.1. The van der Waals surface area contributed by atoms with E-state index >= 15 is 0 Å². The van der Waals surface area contributed by atoms with Gasteiger partial charge in [-0.15, -0.1) is 0 Å². The number of carbonyl (C=O) groups excluding carboxylic acids is 1. The van der Waals surface area contributed by atoms with Gasteiger partial charge in [-0.1, -0.05) is 17.8 Å². The summed E-state index contributed by atoms with van der Waals surface area (Å²) in [5.41, 5.74) is 1.89. The third-order valence-corrected chi connectivity index (χ3v) is 7.99. The number of benzene rings is 2. The predicted octanol–water partition coefficient (Wildman–Crippen LogP) is 5.00. The molecule has 9 heteroatoms. The Morgan fingerprint density at radius 2 is 1.74 bits per heavy atom. The van der Waals surface area contributed by atoms with E-state index in [2.05, 4.69) is 10.8 Å². The van der Waals surface area contributed by atoms with Gasteiger partial charge in [0.25, 0.3) is 0 Å². The highest BCUT2D eigenvalue weighted by Crippen LogP contribution is 2.35. The lowest BCUT2D eigenvalue weighted by Gasteiger charge is -2.33. The monoisotopic (exact) mass is 501 g/mol. The molecule has 182 valence electrons. The molecule has 1 N–H and O–H groups in total. The van der Waals surface area contributed by atoms with E-state index in [9.17, 15) is 18.5 Å². The smallest absolute Gasteiger partial charge is 0.410 e. The van der Waals surface area contributed by atoms with Crippen molar-refractivity contribution in [2.24, 2.45) is 0 Å². The first kappa shape index (κ1) is 26.1. The van der Waals surface area contributed by atoms with E-state index < -0.39 is 15.6 Å². The summed E-state index contributed by atoms with van der Waals surface area (Å²) in [5.74, 6) is 0. The van der Waals surface area contributed by atoms with Crippen molar-refractivity contribution in [1.82, 2.24) is 9.62 Å². The van der Waals surface area contributed by atoms with E-state index in [4.69, 9.17) is 4.74 Å². The number of piperidine rings is 1. The van der Waals surface area contributed by atoms with Crippen molar-refractivity contribution in [2.75, 3.05) is 13.1 Å². The maximum Gasteiger partial charge on any atom is 0.410 e. The number of carbonyl (C=O) groups is 1. The Hall–Kier alpha value is -2.54. The summed E-state index contributed by atoms with van der Waals surface area (Å²) in [7, 11) is -3.89. The average Bonchev–Trinajstić information content (AvgIpc) is 2.72. The number of hydrogen-bond acceptors (Lipinski definition) is 6. The molecule has 1 aliphatic heterocycles. The number of hydrogen-bond donors (Lipinski definition) is 1. The van der Waals surface area contributed by atoms with Crippen LogP contribution in [-0.4, -0.2) is 44.1 Å². The van der Waals surface area contributed by atoms with Gasteiger partial charge in [0, 0.05) is 28.9 Å². The molecule has 0 atom stereocenters. The topological polar surface area (TPSA) is 99.5 Å². The fourth-order valence-corrected chi connectivity index (χ4v) is 6.69. The molecule has 1 saturated heterocycles. The summed E-state index contributed by atoms with van der Waals surface area (Å²) in [4.78, 5) is 15.5. The highest BCUT2D eigenvalue weighted by Gasteiger charge is 2.30. The van der Waals surface area contributed by atoms with E-state index in [-0.39, 0.29) is 22.6 Å². The van der Waals surface area contributed by atoms with E-state index in [1.165, 1.54) is 17.8 Å². The zero-order valence-electron chi connectivity index (χ0n) is 20.2. The van der Waals surface area contributed by atoms with Crippen LogP contribution in [0.5, 0.6) is 0 Å². The summed E-state index contributed by atoms with van der Waals surface area (Å²) in [6.07, 6.45) is 0.578. The summed E-state index contributed by atoms with van der Waals surface area (Å²) < 4.78 is 35.0. The van der Waals surface area contributed by atoms with Crippen LogP contribution in [0.15, 0.2) is 51.1 Å². The molecule has 3 rings (SSSR count). The number of rotatable bonds is 5. The Labute approximate surface area is 206 Å². The molecule has 1 heterocycles. The predicted molar refractivity (Wildman–Crippen MR) is 132 cm³/mol. The number of sulfonamides is 1. The van der Waals surface area contributed by atoms with Crippen molar-refractivity contribution in [2.45, 2.75) is 73.8 Å². The highest BCUT2D eigenvalue weighted by atomic mass is 32.2. The maximum atomic E-state index is 13.4. The van der Waals surface area contributed by atoms with Crippen molar-refractivity contribution < 1.29 is 17.9 Å². The zero-order valence-corrected chi connectivity index (χ0v) is 21.8. The molecule has 34 heavy (non-hydrogen) atoms. The van der Waals surface area contributed by atoms with Crippen molar-refractivity contribution in [1.29, 1.82) is 5.26 Å². The van der Waals surface area contributed by atoms with Gasteiger partial charge in [0.05, 0.1) is 16.5 Å². The van der Waals surface area contributed by atoms with Crippen LogP contribution in [0, 0.1) is 25.2 Å². The Kier molecular flexibility index (Phi) is 7.96. The molecule has 2 aromatic carbocycles. The van der Waals surface area contributed by atoms with Crippen molar-refractivity contribution in [3.8, 4) is 6.07 Å². The molecule has 0 spiro atoms. The molecule has 0 unspecified atom stereocenters. The molecular formula is C25H31N3O4S2. The number of likely N-dealkylation sites (tertiary alicyclic amines) is 1. The molecule has 7 nitrogen and oxygen atoms in total. The lowest BCUT2D eigenvalue weighted by molar-refractivity contribution is 0.0203. The minimum absolute atomic E-state index is 0.0882. The number of nitrogens with one attached hydrogen (secondary N) is 1. The van der Waals surface area contributed by atoms with Gasteiger partial charge >= 0.3 is 6.09 Å². The van der Waals surface area contributed by atoms with Crippen LogP contribution in [0.3, 0.4) is 0 Å². The van der Waals surface area contributed by atoms with Crippen molar-refractivity contribution >= 4 is 27.9 Å². The van der Waals surface area contributed by atoms with Gasteiger partial charge < -0.3 is 9.64 Å². The van der Waals surface area contributed by atoms with Gasteiger partial charge in [-0.2, -0.15) is 5.26 Å². The van der Waals surface area contributed by atoms with Crippen LogP contribution in [0.1, 0.15) is 50.3 Å². The zero-order chi connectivity index (χ0) is 25.1. The van der Waals surface area contributed by atoms with Crippen LogP contribution < -0.4 is 4.72 Å². The number of nitriles is 1. The summed E-state index contributed by atoms with van der Waals surface area (Å²) in [6, 6.07) is 12.5. The summed E-state index contributed by atoms with van der Waals surface area (Å²) in [5, 5.41) is 9.34. The molecule has 1 fully saturated rings. The minimum Gasteiger partial charge on any atom is -0.444 e. The van der Waals surface area contributed by atoms with Gasteiger partial charge in [-0.25, -0.2) is 17.9 Å². The van der Waals surface area contributed by atoms with Gasteiger partial charge in [0.15, 0.2) is 0 Å². The molecule has 1 amide bonds. The fourth-order valence-electron chi connectivity index (χ4n) is 3.78. The first-order valence-corrected chi connectivity index (χ1v) is 13.5. The molecule has 0 aromatic heterocycles. The van der Waals surface area contributed by atoms with Gasteiger partial charge in [0.2, 0.25) is 10.0 Å². The number of ether oxygens (including phenoxy) is 1. The first-order chi connectivity index (χ1) is 15.9. The minimum atomic E-state index is -3.89. The second kappa shape index (κ2) is 10.4. The second-order valence-electron chi connectivity index (χ2n) is 9.56. The highest BCUT2D eigenvalue weighted by molar-refractivity contribution is 8.00. The van der Waals surface area contributed by atoms with Gasteiger partial charge in [-0.3, -0.25) is 0 Å². The van der Waals surface area contributed by atoms with Crippen molar-refractivity contribution in [3.05, 3.63) is 53.1 Å². The first-order valence-electron chi connectivity index (χ1n) is 11.2. The van der Waals surface area contributed by atoms with E-state index in [1.807, 2.05) is 52.8 Å². The number of amides is 1. The normalized spacial score (nSPS) is 15.1. The fraction of sp³-hybridized carbons (Fsp3) is 0.440. The number of nitrogens with zero attached hydrogens (tertiary/aromatic N) is 2. The molecular weight excluding hydrogens is 470 g/mol. The number of aryl methyl sites for hydroxylation is 2. The maximum absolute atomic E-state index is 13.4. The largest absolute Gasteiger partial charge is 0.444 e. The van der Waals surface area contributed by atoms with E-state index in [0.29, 0.717) is 30.8 Å². The summed E-state index contributed by atoms with van der Waals surface area (Å²) in [6.45, 7) is 10.3. The average molecular weight is 502 g/mol. The summed E-state index contributed by atoms with van der Waals surface area (Å²) >= 11 is 1.36. The second-order valence-corrected chi connectivity index (χ2v) is 12.4.